The van der Waals surface area contributed by atoms with E-state index >= 15 is 0 Å². The summed E-state index contributed by atoms with van der Waals surface area (Å²) in [4.78, 5) is 108. The zero-order chi connectivity index (χ0) is 48.4. The van der Waals surface area contributed by atoms with Crippen LogP contribution in [0.15, 0.2) is 0 Å². The van der Waals surface area contributed by atoms with Crippen LogP contribution in [0.1, 0.15) is 125 Å². The molecule has 22 nitrogen and oxygen atoms in total. The van der Waals surface area contributed by atoms with Gasteiger partial charge in [0.1, 0.15) is 36.3 Å². The molecule has 0 bridgehead atoms. The Morgan fingerprint density at radius 3 is 1.80 bits per heavy atom. The lowest BCUT2D eigenvalue weighted by Gasteiger charge is -2.29. The summed E-state index contributed by atoms with van der Waals surface area (Å²) in [6, 6.07) is -7.43. The summed E-state index contributed by atoms with van der Waals surface area (Å²) < 4.78 is 0. The second-order valence-corrected chi connectivity index (χ2v) is 17.2. The fraction of sp³-hybridized carbons (Fsp3) is 0.786. The van der Waals surface area contributed by atoms with Gasteiger partial charge in [-0.25, -0.2) is 4.79 Å². The molecule has 0 aromatic carbocycles. The van der Waals surface area contributed by atoms with Crippen molar-refractivity contribution in [1.82, 2.24) is 42.1 Å². The highest BCUT2D eigenvalue weighted by molar-refractivity contribution is 5.97. The van der Waals surface area contributed by atoms with Crippen LogP contribution in [0.4, 0.5) is 0 Å². The van der Waals surface area contributed by atoms with E-state index in [0.717, 1.165) is 12.8 Å². The standard InChI is InChI=1S/C42H79N13O9/c1-6-7-14-27(45)35(57)50-28(15-8-10-19-43)38(60)54-34(26(4)5)40(62)51-29(17-12-21-48-42(46)47)37(59)53-31(23-25(2)3)36(58)49-24-33(56)55-22-13-18-32(55)39(61)52-30(41(63)64)16-9-11-20-44/h25-32,34H,6-24,43-45H2,1-5H3,(H,49,58)(H,50,57)(H,51,62)(H,52,61)(H,53,59)(H,54,60)(H,63,64)(H4,46,47,48)/t27-,28-,29-,30-,31-,32-,34-/m0/s1. The van der Waals surface area contributed by atoms with Crippen LogP contribution in [0.25, 0.3) is 0 Å². The van der Waals surface area contributed by atoms with Crippen molar-refractivity contribution in [2.45, 2.75) is 167 Å². The van der Waals surface area contributed by atoms with E-state index in [9.17, 15) is 43.5 Å². The molecule has 0 spiro atoms. The third kappa shape index (κ3) is 21.5. The van der Waals surface area contributed by atoms with Crippen LogP contribution in [0.2, 0.25) is 0 Å². The number of rotatable bonds is 32. The molecule has 0 radical (unpaired) electrons. The summed E-state index contributed by atoms with van der Waals surface area (Å²) in [5.41, 5.74) is 22.7. The van der Waals surface area contributed by atoms with Gasteiger partial charge in [0.15, 0.2) is 5.96 Å². The number of hydrogen-bond donors (Lipinski definition) is 13. The molecule has 0 aliphatic carbocycles. The Hall–Kier alpha value is -5.09. The van der Waals surface area contributed by atoms with E-state index in [0.29, 0.717) is 58.0 Å². The second-order valence-electron chi connectivity index (χ2n) is 17.2. The molecule has 1 saturated heterocycles. The molecular formula is C42H79N13O9. The Labute approximate surface area is 377 Å². The van der Waals surface area contributed by atoms with Crippen molar-refractivity contribution in [2.24, 2.45) is 34.8 Å². The number of nitrogens with zero attached hydrogens (tertiary/aromatic N) is 1. The molecule has 1 aliphatic heterocycles. The first-order chi connectivity index (χ1) is 30.3. The molecule has 1 heterocycles. The number of carbonyl (C=O) groups is 8. The second kappa shape index (κ2) is 30.9. The van der Waals surface area contributed by atoms with Gasteiger partial charge in [0.2, 0.25) is 41.4 Å². The summed E-state index contributed by atoms with van der Waals surface area (Å²) >= 11 is 0. The van der Waals surface area contributed by atoms with E-state index in [4.69, 9.17) is 28.3 Å². The van der Waals surface area contributed by atoms with Crippen LogP contribution in [0.3, 0.4) is 0 Å². The summed E-state index contributed by atoms with van der Waals surface area (Å²) in [5.74, 6) is -6.46. The predicted octanol–water partition coefficient (Wildman–Crippen LogP) is -1.66. The first-order valence-corrected chi connectivity index (χ1v) is 22.8. The number of unbranched alkanes of at least 4 members (excludes halogenated alkanes) is 3. The van der Waals surface area contributed by atoms with Crippen LogP contribution in [0.5, 0.6) is 0 Å². The van der Waals surface area contributed by atoms with Crippen LogP contribution < -0.4 is 60.2 Å². The number of hydrogen-bond acceptors (Lipinski definition) is 12. The minimum Gasteiger partial charge on any atom is -0.480 e. The molecule has 366 valence electrons. The topological polar surface area (TPSA) is 372 Å². The highest BCUT2D eigenvalue weighted by atomic mass is 16.4. The van der Waals surface area contributed by atoms with E-state index in [-0.39, 0.29) is 57.1 Å². The van der Waals surface area contributed by atoms with Crippen molar-refractivity contribution in [1.29, 1.82) is 5.41 Å². The molecular weight excluding hydrogens is 831 g/mol. The molecule has 0 aromatic rings. The number of carboxylic acid groups (broad SMARTS) is 1. The number of guanidine groups is 1. The molecule has 7 amide bonds. The van der Waals surface area contributed by atoms with Crippen LogP contribution in [0, 0.1) is 17.2 Å². The maximum atomic E-state index is 14.0. The Morgan fingerprint density at radius 1 is 0.688 bits per heavy atom. The first kappa shape index (κ1) is 56.9. The quantitative estimate of drug-likeness (QED) is 0.0204. The zero-order valence-corrected chi connectivity index (χ0v) is 38.6. The molecule has 0 aromatic heterocycles. The van der Waals surface area contributed by atoms with Gasteiger partial charge in [-0.3, -0.25) is 39.0 Å². The van der Waals surface area contributed by atoms with E-state index in [2.05, 4.69) is 37.2 Å². The van der Waals surface area contributed by atoms with Crippen LogP contribution >= 0.6 is 0 Å². The maximum absolute atomic E-state index is 14.0. The lowest BCUT2D eigenvalue weighted by Crippen LogP contribution is -2.60. The number of likely N-dealkylation sites (tertiary alicyclic amines) is 1. The monoisotopic (exact) mass is 910 g/mol. The van der Waals surface area contributed by atoms with Crippen molar-refractivity contribution in [3.8, 4) is 0 Å². The number of nitrogens with one attached hydrogen (secondary N) is 8. The van der Waals surface area contributed by atoms with Gasteiger partial charge in [-0.1, -0.05) is 47.5 Å². The largest absolute Gasteiger partial charge is 0.480 e. The molecule has 0 unspecified atom stereocenters. The molecule has 0 saturated carbocycles. The van der Waals surface area contributed by atoms with Crippen molar-refractivity contribution >= 4 is 53.3 Å². The third-order valence-electron chi connectivity index (χ3n) is 10.8. The van der Waals surface area contributed by atoms with Gasteiger partial charge >= 0.3 is 5.97 Å². The maximum Gasteiger partial charge on any atom is 0.326 e. The van der Waals surface area contributed by atoms with Gasteiger partial charge in [-0.15, -0.1) is 0 Å². The molecule has 1 rings (SSSR count). The van der Waals surface area contributed by atoms with Gasteiger partial charge in [-0.05, 0) is 102 Å². The minimum atomic E-state index is -1.23. The Kier molecular flexibility index (Phi) is 27.5. The lowest BCUT2D eigenvalue weighted by molar-refractivity contribution is -0.144. The SMILES string of the molecule is CCCC[C@H](N)C(=O)N[C@@H](CCCCN)C(=O)N[C@H](C(=O)N[C@@H](CCCNC(=N)N)C(=O)N[C@@H](CC(C)C)C(=O)NCC(=O)N1CCC[C@H]1C(=O)N[C@@H](CCCCN)C(=O)O)C(C)C. The Morgan fingerprint density at radius 2 is 1.25 bits per heavy atom. The highest BCUT2D eigenvalue weighted by Gasteiger charge is 2.37. The number of carboxylic acids is 1. The number of aliphatic carboxylic acids is 1. The number of nitrogens with two attached hydrogens (primary N) is 4. The number of carbonyl (C=O) groups excluding carboxylic acids is 7. The Bertz CT molecular complexity index is 1530. The van der Waals surface area contributed by atoms with Crippen molar-refractivity contribution < 1.29 is 43.5 Å². The molecule has 64 heavy (non-hydrogen) atoms. The minimum absolute atomic E-state index is 0.0344. The fourth-order valence-corrected chi connectivity index (χ4v) is 7.16. The fourth-order valence-electron chi connectivity index (χ4n) is 7.16. The normalized spacial score (nSPS) is 16.4. The Balaban J connectivity index is 3.20. The van der Waals surface area contributed by atoms with Crippen LogP contribution in [-0.4, -0.2) is 138 Å². The lowest BCUT2D eigenvalue weighted by atomic mass is 9.99. The molecule has 17 N–H and O–H groups in total. The van der Waals surface area contributed by atoms with Gasteiger partial charge in [0.25, 0.3) is 0 Å². The van der Waals surface area contributed by atoms with E-state index in [1.807, 2.05) is 20.8 Å². The van der Waals surface area contributed by atoms with Gasteiger partial charge in [-0.2, -0.15) is 0 Å². The van der Waals surface area contributed by atoms with Crippen molar-refractivity contribution in [3.05, 3.63) is 0 Å². The van der Waals surface area contributed by atoms with Crippen molar-refractivity contribution in [2.75, 3.05) is 32.7 Å². The average molecular weight is 910 g/mol. The summed E-state index contributed by atoms with van der Waals surface area (Å²) in [5, 5.41) is 35.8. The first-order valence-electron chi connectivity index (χ1n) is 22.8. The van der Waals surface area contributed by atoms with Gasteiger partial charge < -0.3 is 70.2 Å². The van der Waals surface area contributed by atoms with E-state index in [1.54, 1.807) is 13.8 Å². The molecule has 1 aliphatic rings. The van der Waals surface area contributed by atoms with Crippen molar-refractivity contribution in [3.63, 3.8) is 0 Å². The molecule has 22 heteroatoms. The predicted molar refractivity (Wildman–Crippen MR) is 242 cm³/mol. The number of amides is 7. The molecule has 1 fully saturated rings. The zero-order valence-electron chi connectivity index (χ0n) is 38.6. The van der Waals surface area contributed by atoms with Gasteiger partial charge in [0, 0.05) is 13.1 Å². The molecule has 7 atom stereocenters. The third-order valence-corrected chi connectivity index (χ3v) is 10.8. The average Bonchev–Trinajstić information content (AvgIpc) is 3.74. The van der Waals surface area contributed by atoms with E-state index in [1.165, 1.54) is 4.90 Å². The van der Waals surface area contributed by atoms with E-state index < -0.39 is 102 Å². The van der Waals surface area contributed by atoms with Crippen LogP contribution in [-0.2, 0) is 38.4 Å². The highest BCUT2D eigenvalue weighted by Crippen LogP contribution is 2.18. The van der Waals surface area contributed by atoms with Gasteiger partial charge in [0.05, 0.1) is 12.6 Å². The summed E-state index contributed by atoms with van der Waals surface area (Å²) in [6.45, 7) is 9.71. The smallest absolute Gasteiger partial charge is 0.326 e. The summed E-state index contributed by atoms with van der Waals surface area (Å²) in [6.07, 6.45) is 5.88. The summed E-state index contributed by atoms with van der Waals surface area (Å²) in [7, 11) is 0.